The maximum atomic E-state index is 11.2. The van der Waals surface area contributed by atoms with Crippen molar-refractivity contribution in [2.45, 2.75) is 50.5 Å². The van der Waals surface area contributed by atoms with Gasteiger partial charge in [-0.05, 0) is 67.4 Å². The summed E-state index contributed by atoms with van der Waals surface area (Å²) >= 11 is 0. The molecule has 1 saturated carbocycles. The number of piperidine rings is 1. The van der Waals surface area contributed by atoms with Gasteiger partial charge >= 0.3 is 0 Å². The normalized spacial score (nSPS) is 21.3. The first-order chi connectivity index (χ1) is 11.7. The van der Waals surface area contributed by atoms with Crippen molar-refractivity contribution in [1.82, 2.24) is 4.90 Å². The first-order valence-corrected chi connectivity index (χ1v) is 9.58. The van der Waals surface area contributed by atoms with E-state index in [2.05, 4.69) is 54.3 Å². The molecule has 0 radical (unpaired) electrons. The second-order valence-electron chi connectivity index (χ2n) is 8.06. The summed E-state index contributed by atoms with van der Waals surface area (Å²) in [6.45, 7) is 5.72. The van der Waals surface area contributed by atoms with Crippen LogP contribution in [0.15, 0.2) is 42.5 Å². The van der Waals surface area contributed by atoms with Crippen LogP contribution in [-0.4, -0.2) is 35.2 Å². The summed E-state index contributed by atoms with van der Waals surface area (Å²) in [5, 5.41) is 13.8. The molecule has 2 nitrogen and oxygen atoms in total. The van der Waals surface area contributed by atoms with Gasteiger partial charge in [0.25, 0.3) is 0 Å². The molecule has 2 aliphatic rings. The van der Waals surface area contributed by atoms with Gasteiger partial charge in [-0.1, -0.05) is 49.4 Å². The van der Waals surface area contributed by atoms with Crippen molar-refractivity contribution in [3.05, 3.63) is 48.0 Å². The predicted octanol–water partition coefficient (Wildman–Crippen LogP) is 5.41. The molecular formula is C22H31Cl2NO. The lowest BCUT2D eigenvalue weighted by atomic mass is 9.67. The minimum Gasteiger partial charge on any atom is -0.389 e. The second kappa shape index (κ2) is 8.93. The SMILES string of the molecule is CC1CCN(CC(c2cccc3ccccc23)C2(O)CCC2)CC1.Cl.Cl. The Kier molecular flexibility index (Phi) is 7.38. The van der Waals surface area contributed by atoms with Crippen LogP contribution < -0.4 is 0 Å². The van der Waals surface area contributed by atoms with E-state index < -0.39 is 5.60 Å². The molecule has 1 saturated heterocycles. The Bertz CT molecular complexity index is 703. The summed E-state index contributed by atoms with van der Waals surface area (Å²) in [7, 11) is 0. The van der Waals surface area contributed by atoms with Gasteiger partial charge in [0.15, 0.2) is 0 Å². The molecule has 1 atom stereocenters. The molecule has 2 fully saturated rings. The highest BCUT2D eigenvalue weighted by Gasteiger charge is 2.44. The van der Waals surface area contributed by atoms with E-state index in [9.17, 15) is 5.11 Å². The van der Waals surface area contributed by atoms with Gasteiger partial charge in [-0.2, -0.15) is 0 Å². The molecular weight excluding hydrogens is 365 g/mol. The van der Waals surface area contributed by atoms with E-state index in [0.29, 0.717) is 0 Å². The molecule has 0 aromatic heterocycles. The highest BCUT2D eigenvalue weighted by molar-refractivity contribution is 5.86. The maximum Gasteiger partial charge on any atom is 0.0728 e. The van der Waals surface area contributed by atoms with Crippen LogP contribution in [0.4, 0.5) is 0 Å². The summed E-state index contributed by atoms with van der Waals surface area (Å²) in [5.41, 5.74) is 0.835. The minimum absolute atomic E-state index is 0. The molecule has 1 aliphatic carbocycles. The lowest BCUT2D eigenvalue weighted by Gasteiger charge is -2.46. The number of rotatable bonds is 4. The molecule has 144 valence electrons. The fourth-order valence-electron chi connectivity index (χ4n) is 4.50. The predicted molar refractivity (Wildman–Crippen MR) is 115 cm³/mol. The van der Waals surface area contributed by atoms with Gasteiger partial charge in [-0.3, -0.25) is 0 Å². The van der Waals surface area contributed by atoms with Gasteiger partial charge in [-0.15, -0.1) is 24.8 Å². The number of halogens is 2. The van der Waals surface area contributed by atoms with Gasteiger partial charge in [0.2, 0.25) is 0 Å². The lowest BCUT2D eigenvalue weighted by molar-refractivity contribution is -0.0657. The molecule has 2 aromatic rings. The van der Waals surface area contributed by atoms with Crippen LogP contribution in [-0.2, 0) is 0 Å². The molecule has 1 N–H and O–H groups in total. The fraction of sp³-hybridized carbons (Fsp3) is 0.545. The van der Waals surface area contributed by atoms with E-state index in [1.807, 2.05) is 0 Å². The van der Waals surface area contributed by atoms with Gasteiger partial charge < -0.3 is 10.0 Å². The fourth-order valence-corrected chi connectivity index (χ4v) is 4.50. The summed E-state index contributed by atoms with van der Waals surface area (Å²) < 4.78 is 0. The topological polar surface area (TPSA) is 23.5 Å². The Morgan fingerprint density at radius 3 is 2.35 bits per heavy atom. The van der Waals surface area contributed by atoms with Crippen molar-refractivity contribution in [2.24, 2.45) is 5.92 Å². The molecule has 4 rings (SSSR count). The van der Waals surface area contributed by atoms with E-state index in [-0.39, 0.29) is 30.7 Å². The van der Waals surface area contributed by atoms with Crippen LogP contribution in [0.25, 0.3) is 10.8 Å². The third-order valence-corrected chi connectivity index (χ3v) is 6.38. The van der Waals surface area contributed by atoms with Gasteiger partial charge in [0, 0.05) is 12.5 Å². The largest absolute Gasteiger partial charge is 0.389 e. The number of nitrogens with zero attached hydrogens (tertiary/aromatic N) is 1. The number of likely N-dealkylation sites (tertiary alicyclic amines) is 1. The van der Waals surface area contributed by atoms with E-state index in [0.717, 1.165) is 31.7 Å². The van der Waals surface area contributed by atoms with Crippen molar-refractivity contribution < 1.29 is 5.11 Å². The average Bonchev–Trinajstić information content (AvgIpc) is 2.59. The Balaban J connectivity index is 0.00000121. The summed E-state index contributed by atoms with van der Waals surface area (Å²) in [5.74, 6) is 1.08. The lowest BCUT2D eigenvalue weighted by Crippen LogP contribution is -2.48. The van der Waals surface area contributed by atoms with E-state index in [1.165, 1.54) is 42.3 Å². The van der Waals surface area contributed by atoms with Crippen LogP contribution in [0.1, 0.15) is 50.5 Å². The zero-order valence-corrected chi connectivity index (χ0v) is 17.2. The third kappa shape index (κ3) is 4.20. The molecule has 4 heteroatoms. The Morgan fingerprint density at radius 1 is 1.04 bits per heavy atom. The Morgan fingerprint density at radius 2 is 1.69 bits per heavy atom. The van der Waals surface area contributed by atoms with Crippen molar-refractivity contribution in [2.75, 3.05) is 19.6 Å². The van der Waals surface area contributed by atoms with Gasteiger partial charge in [0.05, 0.1) is 5.60 Å². The number of aliphatic hydroxyl groups is 1. The molecule has 1 aliphatic heterocycles. The molecule has 2 aromatic carbocycles. The van der Waals surface area contributed by atoms with E-state index >= 15 is 0 Å². The van der Waals surface area contributed by atoms with Gasteiger partial charge in [-0.25, -0.2) is 0 Å². The molecule has 1 unspecified atom stereocenters. The minimum atomic E-state index is -0.507. The van der Waals surface area contributed by atoms with Crippen LogP contribution in [0, 0.1) is 5.92 Å². The quantitative estimate of drug-likeness (QED) is 0.747. The first-order valence-electron chi connectivity index (χ1n) is 9.58. The third-order valence-electron chi connectivity index (χ3n) is 6.38. The molecule has 0 bridgehead atoms. The average molecular weight is 396 g/mol. The van der Waals surface area contributed by atoms with Crippen LogP contribution in [0.2, 0.25) is 0 Å². The summed E-state index contributed by atoms with van der Waals surface area (Å²) in [4.78, 5) is 2.59. The van der Waals surface area contributed by atoms with Crippen molar-refractivity contribution in [3.8, 4) is 0 Å². The number of fused-ring (bicyclic) bond motifs is 1. The summed E-state index contributed by atoms with van der Waals surface area (Å²) in [6.07, 6.45) is 5.65. The molecule has 26 heavy (non-hydrogen) atoms. The number of hydrogen-bond donors (Lipinski definition) is 1. The highest BCUT2D eigenvalue weighted by atomic mass is 35.5. The first kappa shape index (κ1) is 21.5. The zero-order valence-electron chi connectivity index (χ0n) is 15.6. The van der Waals surface area contributed by atoms with Crippen LogP contribution in [0.3, 0.4) is 0 Å². The monoisotopic (exact) mass is 395 g/mol. The van der Waals surface area contributed by atoms with Crippen LogP contribution >= 0.6 is 24.8 Å². The molecule has 0 amide bonds. The van der Waals surface area contributed by atoms with Crippen molar-refractivity contribution in [3.63, 3.8) is 0 Å². The van der Waals surface area contributed by atoms with Gasteiger partial charge in [0.1, 0.15) is 0 Å². The highest BCUT2D eigenvalue weighted by Crippen LogP contribution is 2.45. The second-order valence-corrected chi connectivity index (χ2v) is 8.06. The maximum absolute atomic E-state index is 11.2. The van der Waals surface area contributed by atoms with Crippen LogP contribution in [0.5, 0.6) is 0 Å². The summed E-state index contributed by atoms with van der Waals surface area (Å²) in [6, 6.07) is 15.2. The van der Waals surface area contributed by atoms with E-state index in [1.54, 1.807) is 0 Å². The Labute approximate surface area is 169 Å². The Hall–Kier alpha value is -0.800. The van der Waals surface area contributed by atoms with E-state index in [4.69, 9.17) is 0 Å². The smallest absolute Gasteiger partial charge is 0.0728 e. The molecule has 0 spiro atoms. The van der Waals surface area contributed by atoms with Crippen molar-refractivity contribution >= 4 is 35.6 Å². The molecule has 1 heterocycles. The van der Waals surface area contributed by atoms with Crippen molar-refractivity contribution in [1.29, 1.82) is 0 Å². The number of hydrogen-bond acceptors (Lipinski definition) is 2. The zero-order chi connectivity index (χ0) is 16.6. The number of benzene rings is 2. The standard InChI is InChI=1S/C22H29NO.2ClH/c1-17-10-14-23(15-11-17)16-21(22(24)12-5-13-22)20-9-4-7-18-6-2-3-8-19(18)20;;/h2-4,6-9,17,21,24H,5,10-16H2,1H3;2*1H.